The molecule has 0 aromatic heterocycles. The van der Waals surface area contributed by atoms with Gasteiger partial charge in [-0.05, 0) is 12.3 Å². The van der Waals surface area contributed by atoms with Crippen LogP contribution in [0.1, 0.15) is 20.3 Å². The summed E-state index contributed by atoms with van der Waals surface area (Å²) in [6, 6.07) is 1.51. The molecule has 1 fully saturated rings. The number of hydrogen-bond donors (Lipinski definition) is 2. The predicted molar refractivity (Wildman–Crippen MR) is 82.6 cm³/mol. The van der Waals surface area contributed by atoms with Crippen LogP contribution in [0.25, 0.3) is 0 Å². The number of anilines is 1. The van der Waals surface area contributed by atoms with E-state index >= 15 is 0 Å². The van der Waals surface area contributed by atoms with Crippen LogP contribution in [0.4, 0.5) is 19.3 Å². The molecule has 2 amide bonds. The minimum atomic E-state index is -0.869. The number of amides is 2. The molecule has 23 heavy (non-hydrogen) atoms. The zero-order valence-electron chi connectivity index (χ0n) is 13.5. The second-order valence-electron chi connectivity index (χ2n) is 5.94. The molecule has 0 spiro atoms. The van der Waals surface area contributed by atoms with E-state index in [9.17, 15) is 13.6 Å². The number of benzene rings is 1. The molecule has 1 aromatic rings. The molecular formula is C16H22F2N2O3. The summed E-state index contributed by atoms with van der Waals surface area (Å²) in [7, 11) is 1.18. The first-order valence-corrected chi connectivity index (χ1v) is 7.61. The molecule has 2 atom stereocenters. The third-order valence-electron chi connectivity index (χ3n) is 3.91. The fourth-order valence-corrected chi connectivity index (χ4v) is 2.84. The Balaban J connectivity index is 1.90. The number of carbonyl (C=O) groups excluding carboxylic acids is 1. The highest BCUT2D eigenvalue weighted by atomic mass is 19.1. The van der Waals surface area contributed by atoms with E-state index in [4.69, 9.17) is 4.74 Å². The van der Waals surface area contributed by atoms with Crippen LogP contribution in [-0.4, -0.2) is 32.4 Å². The molecule has 7 heteroatoms. The van der Waals surface area contributed by atoms with Crippen molar-refractivity contribution in [3.8, 4) is 5.75 Å². The van der Waals surface area contributed by atoms with Gasteiger partial charge in [0.2, 0.25) is 0 Å². The number of methoxy groups -OCH3 is 1. The normalized spacial score (nSPS) is 20.6. The number of ether oxygens (including phenoxy) is 2. The van der Waals surface area contributed by atoms with Crippen LogP contribution in [-0.2, 0) is 4.74 Å². The molecule has 1 heterocycles. The second kappa shape index (κ2) is 7.59. The summed E-state index contributed by atoms with van der Waals surface area (Å²) in [6.45, 7) is 5.29. The van der Waals surface area contributed by atoms with E-state index in [-0.39, 0.29) is 17.7 Å². The summed E-state index contributed by atoms with van der Waals surface area (Å²) in [5.74, 6) is -1.60. The first-order chi connectivity index (χ1) is 10.9. The van der Waals surface area contributed by atoms with Crippen LogP contribution in [0.3, 0.4) is 0 Å². The smallest absolute Gasteiger partial charge is 0.319 e. The van der Waals surface area contributed by atoms with Gasteiger partial charge in [-0.2, -0.15) is 0 Å². The van der Waals surface area contributed by atoms with E-state index < -0.39 is 23.4 Å². The molecule has 5 nitrogen and oxygen atoms in total. The van der Waals surface area contributed by atoms with Crippen LogP contribution >= 0.6 is 0 Å². The van der Waals surface area contributed by atoms with Gasteiger partial charge >= 0.3 is 6.03 Å². The fourth-order valence-electron chi connectivity index (χ4n) is 2.84. The zero-order chi connectivity index (χ0) is 17.0. The summed E-state index contributed by atoms with van der Waals surface area (Å²) >= 11 is 0. The van der Waals surface area contributed by atoms with Gasteiger partial charge in [-0.1, -0.05) is 13.8 Å². The molecule has 0 radical (unpaired) electrons. The molecule has 1 aliphatic heterocycles. The van der Waals surface area contributed by atoms with Gasteiger partial charge in [0.15, 0.2) is 17.4 Å². The summed E-state index contributed by atoms with van der Waals surface area (Å²) in [5, 5.41) is 5.14. The maximum Gasteiger partial charge on any atom is 0.319 e. The van der Waals surface area contributed by atoms with Crippen molar-refractivity contribution >= 4 is 11.7 Å². The van der Waals surface area contributed by atoms with Crippen LogP contribution in [0.5, 0.6) is 5.75 Å². The first-order valence-electron chi connectivity index (χ1n) is 7.61. The van der Waals surface area contributed by atoms with Crippen LogP contribution in [0, 0.1) is 23.5 Å². The van der Waals surface area contributed by atoms with Crippen molar-refractivity contribution in [3.05, 3.63) is 23.8 Å². The lowest BCUT2D eigenvalue weighted by Gasteiger charge is -2.22. The Labute approximate surface area is 134 Å². The highest BCUT2D eigenvalue weighted by Gasteiger charge is 2.30. The van der Waals surface area contributed by atoms with Crippen molar-refractivity contribution < 1.29 is 23.0 Å². The van der Waals surface area contributed by atoms with Gasteiger partial charge in [0.05, 0.1) is 13.2 Å². The number of urea groups is 1. The van der Waals surface area contributed by atoms with E-state index in [1.165, 1.54) is 7.11 Å². The van der Waals surface area contributed by atoms with E-state index in [2.05, 4.69) is 29.2 Å². The quantitative estimate of drug-likeness (QED) is 0.873. The Morgan fingerprint density at radius 2 is 2.04 bits per heavy atom. The molecule has 128 valence electrons. The first kappa shape index (κ1) is 17.5. The lowest BCUT2D eigenvalue weighted by Crippen LogP contribution is -2.37. The average Bonchev–Trinajstić information content (AvgIpc) is 2.93. The summed E-state index contributed by atoms with van der Waals surface area (Å²) in [4.78, 5) is 11.9. The topological polar surface area (TPSA) is 59.6 Å². The number of hydrogen-bond acceptors (Lipinski definition) is 3. The van der Waals surface area contributed by atoms with Crippen molar-refractivity contribution in [2.75, 3.05) is 25.6 Å². The second-order valence-corrected chi connectivity index (χ2v) is 5.94. The third kappa shape index (κ3) is 4.31. The Morgan fingerprint density at radius 3 is 2.61 bits per heavy atom. The van der Waals surface area contributed by atoms with Gasteiger partial charge in [0.1, 0.15) is 0 Å². The van der Waals surface area contributed by atoms with Gasteiger partial charge in [-0.3, -0.25) is 0 Å². The van der Waals surface area contributed by atoms with E-state index in [1.807, 2.05) is 0 Å². The van der Waals surface area contributed by atoms with Crippen molar-refractivity contribution in [1.29, 1.82) is 0 Å². The molecule has 1 aromatic carbocycles. The molecule has 2 rings (SSSR count). The van der Waals surface area contributed by atoms with E-state index in [0.29, 0.717) is 19.1 Å². The molecule has 1 aliphatic rings. The maximum absolute atomic E-state index is 13.6. The molecule has 0 unspecified atom stereocenters. The Hall–Kier alpha value is -1.89. The highest BCUT2D eigenvalue weighted by molar-refractivity contribution is 5.89. The molecular weight excluding hydrogens is 306 g/mol. The van der Waals surface area contributed by atoms with Gasteiger partial charge in [0.25, 0.3) is 0 Å². The van der Waals surface area contributed by atoms with E-state index in [1.54, 1.807) is 0 Å². The van der Waals surface area contributed by atoms with Gasteiger partial charge in [-0.15, -0.1) is 0 Å². The number of rotatable bonds is 5. The van der Waals surface area contributed by atoms with Crippen molar-refractivity contribution in [2.45, 2.75) is 26.4 Å². The zero-order valence-corrected chi connectivity index (χ0v) is 13.5. The number of halogens is 2. The molecule has 2 N–H and O–H groups in total. The Kier molecular flexibility index (Phi) is 5.76. The predicted octanol–water partition coefficient (Wildman–Crippen LogP) is 3.16. The Bertz CT molecular complexity index is 543. The molecule has 0 saturated carbocycles. The van der Waals surface area contributed by atoms with E-state index in [0.717, 1.165) is 18.6 Å². The van der Waals surface area contributed by atoms with Crippen molar-refractivity contribution in [3.63, 3.8) is 0 Å². The average molecular weight is 328 g/mol. The van der Waals surface area contributed by atoms with Crippen LogP contribution in [0.15, 0.2) is 12.1 Å². The minimum absolute atomic E-state index is 0.0291. The van der Waals surface area contributed by atoms with Gasteiger partial charge in [-0.25, -0.2) is 13.6 Å². The van der Waals surface area contributed by atoms with Crippen molar-refractivity contribution in [2.24, 2.45) is 11.8 Å². The number of carbonyl (C=O) groups is 1. The number of nitrogens with one attached hydrogen (secondary N) is 2. The highest BCUT2D eigenvalue weighted by Crippen LogP contribution is 2.27. The van der Waals surface area contributed by atoms with Crippen LogP contribution < -0.4 is 15.4 Å². The Morgan fingerprint density at radius 1 is 1.39 bits per heavy atom. The lowest BCUT2D eigenvalue weighted by molar-refractivity contribution is 0.0546. The monoisotopic (exact) mass is 328 g/mol. The molecule has 0 aliphatic carbocycles. The standard InChI is InChI=1S/C16H22F2N2O3/c1-9(2)14-10(4-5-23-14)8-19-16(21)20-11-6-12(17)15(22-3)13(18)7-11/h6-7,9-10,14H,4-5,8H2,1-3H3,(H2,19,20,21)/t10-,14-/m0/s1. The van der Waals surface area contributed by atoms with Crippen molar-refractivity contribution in [1.82, 2.24) is 5.32 Å². The summed E-state index contributed by atoms with van der Waals surface area (Å²) in [5.41, 5.74) is 0.0291. The SMILES string of the molecule is COc1c(F)cc(NC(=O)NC[C@@H]2CCO[C@H]2C(C)C)cc1F. The fraction of sp³-hybridized carbons (Fsp3) is 0.562. The maximum atomic E-state index is 13.6. The molecule has 0 bridgehead atoms. The third-order valence-corrected chi connectivity index (χ3v) is 3.91. The van der Waals surface area contributed by atoms with Gasteiger partial charge in [0, 0.05) is 36.9 Å². The largest absolute Gasteiger partial charge is 0.491 e. The minimum Gasteiger partial charge on any atom is -0.491 e. The summed E-state index contributed by atoms with van der Waals surface area (Å²) in [6.07, 6.45) is 1.00. The van der Waals surface area contributed by atoms with Gasteiger partial charge < -0.3 is 20.1 Å². The lowest BCUT2D eigenvalue weighted by atomic mass is 9.93. The van der Waals surface area contributed by atoms with Crippen LogP contribution in [0.2, 0.25) is 0 Å². The summed E-state index contributed by atoms with van der Waals surface area (Å²) < 4.78 is 37.4. The molecule has 1 saturated heterocycles.